The first-order chi connectivity index (χ1) is 11.8. The van der Waals surface area contributed by atoms with Gasteiger partial charge in [0.15, 0.2) is 11.6 Å². The van der Waals surface area contributed by atoms with E-state index in [1.165, 1.54) is 58.3 Å². The van der Waals surface area contributed by atoms with Crippen LogP contribution in [-0.4, -0.2) is 73.9 Å². The summed E-state index contributed by atoms with van der Waals surface area (Å²) in [5.41, 5.74) is 0. The molecule has 4 heteroatoms. The smallest absolute Gasteiger partial charge is 0.186 e. The van der Waals surface area contributed by atoms with Gasteiger partial charge in [0.2, 0.25) is 0 Å². The number of Topliss-reactive ketones (excluding diaryl/α,β-unsaturated/α-hetero) is 2. The molecule has 2 fully saturated rings. The first kappa shape index (κ1) is 26.3. The molecule has 160 valence electrons. The normalized spacial score (nSPS) is 33.5. The number of ketones is 2. The maximum Gasteiger partial charge on any atom is 0.186 e. The van der Waals surface area contributed by atoms with Crippen LogP contribution in [0.3, 0.4) is 0 Å². The lowest BCUT2D eigenvalue weighted by atomic mass is 9.81. The molecule has 0 saturated carbocycles. The lowest BCUT2D eigenvalue weighted by Gasteiger charge is -2.43. The van der Waals surface area contributed by atoms with Crippen molar-refractivity contribution in [3.63, 3.8) is 0 Å². The second kappa shape index (κ2) is 11.3. The number of hydrogen-bond acceptors (Lipinski definition) is 2. The van der Waals surface area contributed by atoms with Gasteiger partial charge in [0.25, 0.3) is 0 Å². The van der Waals surface area contributed by atoms with Gasteiger partial charge in [-0.15, -0.1) is 0 Å². The Morgan fingerprint density at radius 3 is 1.26 bits per heavy atom. The Bertz CT molecular complexity index is 417. The zero-order valence-corrected chi connectivity index (χ0v) is 17.1. The molecule has 0 bridgehead atoms. The van der Waals surface area contributed by atoms with Crippen molar-refractivity contribution >= 4 is 11.6 Å². The van der Waals surface area contributed by atoms with Gasteiger partial charge in [-0.3, -0.25) is 9.59 Å². The summed E-state index contributed by atoms with van der Waals surface area (Å²) in [6.45, 7) is 10.1. The number of quaternary nitrogens is 2. The molecule has 2 aliphatic heterocycles. The van der Waals surface area contributed by atoms with Crippen LogP contribution < -0.4 is 0 Å². The summed E-state index contributed by atoms with van der Waals surface area (Å²) in [5.74, 6) is 2.52. The van der Waals surface area contributed by atoms with E-state index in [1.807, 2.05) is 13.8 Å². The molecule has 0 aromatic rings. The number of likely N-dealkylation sites (tertiary alicyclic amines) is 2. The van der Waals surface area contributed by atoms with Gasteiger partial charge in [0.1, 0.15) is 13.1 Å². The quantitative estimate of drug-likeness (QED) is 0.584. The molecule has 0 atom stereocenters. The fourth-order valence-electron chi connectivity index (χ4n) is 4.82. The van der Waals surface area contributed by atoms with Gasteiger partial charge in [-0.05, 0) is 43.9 Å². The third-order valence-corrected chi connectivity index (χ3v) is 6.88. The summed E-state index contributed by atoms with van der Waals surface area (Å²) in [7, 11) is 4.52. The van der Waals surface area contributed by atoms with Crippen molar-refractivity contribution in [3.05, 3.63) is 0 Å². The second-order valence-corrected chi connectivity index (χ2v) is 9.36. The minimum Gasteiger partial charge on any atom is -0.320 e. The van der Waals surface area contributed by atoms with E-state index in [4.69, 9.17) is 0 Å². The summed E-state index contributed by atoms with van der Waals surface area (Å²) in [6, 6.07) is 0. The van der Waals surface area contributed by atoms with E-state index >= 15 is 0 Å². The van der Waals surface area contributed by atoms with Crippen LogP contribution in [0.15, 0.2) is 0 Å². The molecule has 2 aliphatic rings. The SMILES string of the molecule is C.C.CCC(=O)C[N+]1(C)CCC(CC2CC[N+](C)(CC(=O)CC)CC2)CC1. The summed E-state index contributed by atoms with van der Waals surface area (Å²) < 4.78 is 1.92. The third kappa shape index (κ3) is 8.03. The molecule has 2 saturated heterocycles. The van der Waals surface area contributed by atoms with Crippen molar-refractivity contribution in [1.82, 2.24) is 0 Å². The number of carbonyl (C=O) groups is 2. The van der Waals surface area contributed by atoms with Crippen molar-refractivity contribution in [2.75, 3.05) is 53.4 Å². The molecule has 0 aromatic heterocycles. The lowest BCUT2D eigenvalue weighted by Crippen LogP contribution is -2.53. The molecule has 0 amide bonds. The molecule has 0 spiro atoms. The molecule has 2 rings (SSSR count). The van der Waals surface area contributed by atoms with Gasteiger partial charge < -0.3 is 8.97 Å². The lowest BCUT2D eigenvalue weighted by molar-refractivity contribution is -0.908. The van der Waals surface area contributed by atoms with E-state index in [2.05, 4.69) is 14.1 Å². The maximum atomic E-state index is 11.8. The molecule has 0 aromatic carbocycles. The van der Waals surface area contributed by atoms with E-state index < -0.39 is 0 Å². The molecule has 4 nitrogen and oxygen atoms in total. The number of carbonyl (C=O) groups excluding carboxylic acids is 2. The average Bonchev–Trinajstić information content (AvgIpc) is 2.58. The van der Waals surface area contributed by atoms with Gasteiger partial charge >= 0.3 is 0 Å². The Balaban J connectivity index is 0.00000338. The van der Waals surface area contributed by atoms with E-state index in [-0.39, 0.29) is 14.9 Å². The van der Waals surface area contributed by atoms with Crippen LogP contribution in [0.2, 0.25) is 0 Å². The minimum atomic E-state index is 0. The summed E-state index contributed by atoms with van der Waals surface area (Å²) in [6.07, 6.45) is 7.85. The Morgan fingerprint density at radius 2 is 1.00 bits per heavy atom. The molecular formula is C23H48N2O2+2. The van der Waals surface area contributed by atoms with Gasteiger partial charge in [0.05, 0.1) is 40.3 Å². The van der Waals surface area contributed by atoms with Crippen LogP contribution in [0, 0.1) is 11.8 Å². The van der Waals surface area contributed by atoms with Crippen molar-refractivity contribution in [3.8, 4) is 0 Å². The van der Waals surface area contributed by atoms with Gasteiger partial charge in [-0.2, -0.15) is 0 Å². The first-order valence-electron chi connectivity index (χ1n) is 10.5. The van der Waals surface area contributed by atoms with Crippen LogP contribution in [0.4, 0.5) is 0 Å². The number of rotatable bonds is 8. The van der Waals surface area contributed by atoms with Crippen LogP contribution in [-0.2, 0) is 9.59 Å². The van der Waals surface area contributed by atoms with E-state index in [9.17, 15) is 9.59 Å². The summed E-state index contributed by atoms with van der Waals surface area (Å²) in [5, 5.41) is 0. The van der Waals surface area contributed by atoms with E-state index in [0.29, 0.717) is 24.4 Å². The predicted molar refractivity (Wildman–Crippen MR) is 116 cm³/mol. The largest absolute Gasteiger partial charge is 0.320 e. The molecular weight excluding hydrogens is 336 g/mol. The third-order valence-electron chi connectivity index (χ3n) is 6.88. The Labute approximate surface area is 169 Å². The van der Waals surface area contributed by atoms with Gasteiger partial charge in [0, 0.05) is 12.8 Å². The Hall–Kier alpha value is -0.740. The highest BCUT2D eigenvalue weighted by atomic mass is 16.1. The topological polar surface area (TPSA) is 34.1 Å². The number of likely N-dealkylation sites (N-methyl/N-ethyl adjacent to an activating group) is 2. The van der Waals surface area contributed by atoms with Crippen LogP contribution in [0.1, 0.15) is 73.6 Å². The zero-order chi connectivity index (χ0) is 18.5. The molecule has 27 heavy (non-hydrogen) atoms. The molecule has 0 radical (unpaired) electrons. The predicted octanol–water partition coefficient (Wildman–Crippen LogP) is 4.32. The number of piperidine rings is 2. The highest BCUT2D eigenvalue weighted by Crippen LogP contribution is 2.33. The van der Waals surface area contributed by atoms with Crippen molar-refractivity contribution in [1.29, 1.82) is 0 Å². The van der Waals surface area contributed by atoms with E-state index in [0.717, 1.165) is 33.9 Å². The van der Waals surface area contributed by atoms with Crippen molar-refractivity contribution < 1.29 is 18.6 Å². The molecule has 0 unspecified atom stereocenters. The monoisotopic (exact) mass is 384 g/mol. The molecule has 0 aliphatic carbocycles. The standard InChI is InChI=1S/C21H40N2O2.2CH4/c1-5-20(24)16-22(3)11-7-18(8-12-22)15-19-9-13-23(4,14-10-19)17-21(25)6-2;;/h18-19H,5-17H2,1-4H3;2*1H4/q+2;;. The Kier molecular flexibility index (Phi) is 11.0. The van der Waals surface area contributed by atoms with Crippen LogP contribution in [0.5, 0.6) is 0 Å². The number of nitrogens with zero attached hydrogens (tertiary/aromatic N) is 2. The highest BCUT2D eigenvalue weighted by molar-refractivity contribution is 5.79. The minimum absolute atomic E-state index is 0. The fourth-order valence-corrected chi connectivity index (χ4v) is 4.82. The van der Waals surface area contributed by atoms with Gasteiger partial charge in [-0.1, -0.05) is 28.7 Å². The van der Waals surface area contributed by atoms with Crippen LogP contribution >= 0.6 is 0 Å². The molecule has 0 N–H and O–H groups in total. The maximum absolute atomic E-state index is 11.8. The summed E-state index contributed by atoms with van der Waals surface area (Å²) >= 11 is 0. The van der Waals surface area contributed by atoms with E-state index in [1.54, 1.807) is 0 Å². The fraction of sp³-hybridized carbons (Fsp3) is 0.913. The van der Waals surface area contributed by atoms with Crippen LogP contribution in [0.25, 0.3) is 0 Å². The van der Waals surface area contributed by atoms with Gasteiger partial charge in [-0.25, -0.2) is 0 Å². The number of hydrogen-bond donors (Lipinski definition) is 0. The first-order valence-corrected chi connectivity index (χ1v) is 10.5. The second-order valence-electron chi connectivity index (χ2n) is 9.36. The summed E-state index contributed by atoms with van der Waals surface area (Å²) in [4.78, 5) is 23.6. The Morgan fingerprint density at radius 1 is 0.704 bits per heavy atom. The highest BCUT2D eigenvalue weighted by Gasteiger charge is 2.35. The van der Waals surface area contributed by atoms with Crippen molar-refractivity contribution in [2.24, 2.45) is 11.8 Å². The molecule has 2 heterocycles. The van der Waals surface area contributed by atoms with Crippen molar-refractivity contribution in [2.45, 2.75) is 73.6 Å². The average molecular weight is 385 g/mol. The zero-order valence-electron chi connectivity index (χ0n) is 17.1.